The topological polar surface area (TPSA) is 29.9 Å². The Kier molecular flexibility index (Phi) is 3.84. The lowest BCUT2D eigenvalue weighted by atomic mass is 10.2. The van der Waals surface area contributed by atoms with E-state index in [0.29, 0.717) is 6.54 Å². The van der Waals surface area contributed by atoms with E-state index in [0.717, 1.165) is 28.5 Å². The van der Waals surface area contributed by atoms with Crippen LogP contribution in [0.5, 0.6) is 0 Å². The van der Waals surface area contributed by atoms with Gasteiger partial charge in [-0.1, -0.05) is 35.9 Å². The van der Waals surface area contributed by atoms with Crippen LogP contribution in [-0.2, 0) is 13.1 Å². The van der Waals surface area contributed by atoms with Gasteiger partial charge in [-0.25, -0.2) is 0 Å². The van der Waals surface area contributed by atoms with Crippen LogP contribution in [0.1, 0.15) is 18.2 Å². The molecule has 3 rings (SSSR count). The van der Waals surface area contributed by atoms with E-state index in [1.807, 2.05) is 35.9 Å². The highest BCUT2D eigenvalue weighted by atomic mass is 35.5. The summed E-state index contributed by atoms with van der Waals surface area (Å²) < 4.78 is 2.03. The second-order valence-electron chi connectivity index (χ2n) is 5.12. The van der Waals surface area contributed by atoms with Crippen molar-refractivity contribution < 1.29 is 0 Å². The molecule has 4 heteroatoms. The second-order valence-corrected chi connectivity index (χ2v) is 5.52. The highest BCUT2D eigenvalue weighted by Crippen LogP contribution is 2.24. The van der Waals surface area contributed by atoms with Crippen molar-refractivity contribution >= 4 is 28.2 Å². The van der Waals surface area contributed by atoms with Gasteiger partial charge in [-0.05, 0) is 37.6 Å². The van der Waals surface area contributed by atoms with E-state index in [2.05, 4.69) is 35.5 Å². The first-order chi connectivity index (χ1) is 10.2. The molecule has 0 fully saturated rings. The lowest BCUT2D eigenvalue weighted by Gasteiger charge is -2.07. The number of aryl methyl sites for hydroxylation is 2. The molecule has 0 radical (unpaired) electrons. The van der Waals surface area contributed by atoms with Crippen LogP contribution >= 0.6 is 11.6 Å². The highest BCUT2D eigenvalue weighted by molar-refractivity contribution is 6.33. The zero-order chi connectivity index (χ0) is 14.8. The fraction of sp³-hybridized carbons (Fsp3) is 0.235. The molecular formula is C17H18ClN3. The molecule has 0 aliphatic rings. The van der Waals surface area contributed by atoms with Crippen molar-refractivity contribution in [3.8, 4) is 0 Å². The molecule has 0 saturated carbocycles. The van der Waals surface area contributed by atoms with Crippen LogP contribution in [0.4, 0.5) is 5.69 Å². The van der Waals surface area contributed by atoms with Crippen molar-refractivity contribution in [1.82, 2.24) is 9.78 Å². The van der Waals surface area contributed by atoms with E-state index < -0.39 is 0 Å². The van der Waals surface area contributed by atoms with Gasteiger partial charge in [-0.15, -0.1) is 0 Å². The average Bonchev–Trinajstić information content (AvgIpc) is 2.85. The normalized spacial score (nSPS) is 11.0. The smallest absolute Gasteiger partial charge is 0.0894 e. The summed E-state index contributed by atoms with van der Waals surface area (Å²) in [5.74, 6) is 0. The largest absolute Gasteiger partial charge is 0.378 e. The van der Waals surface area contributed by atoms with E-state index in [1.54, 1.807) is 0 Å². The van der Waals surface area contributed by atoms with E-state index >= 15 is 0 Å². The van der Waals surface area contributed by atoms with Gasteiger partial charge in [0.2, 0.25) is 0 Å². The van der Waals surface area contributed by atoms with Crippen molar-refractivity contribution in [2.75, 3.05) is 5.32 Å². The van der Waals surface area contributed by atoms with Gasteiger partial charge in [-0.3, -0.25) is 4.68 Å². The van der Waals surface area contributed by atoms with Gasteiger partial charge < -0.3 is 5.32 Å². The number of hydrogen-bond donors (Lipinski definition) is 1. The van der Waals surface area contributed by atoms with Gasteiger partial charge in [0.1, 0.15) is 0 Å². The molecule has 0 unspecified atom stereocenters. The van der Waals surface area contributed by atoms with Crippen LogP contribution in [-0.4, -0.2) is 9.78 Å². The summed E-state index contributed by atoms with van der Waals surface area (Å²) in [6, 6.07) is 14.3. The third kappa shape index (κ3) is 2.74. The van der Waals surface area contributed by atoms with E-state index in [-0.39, 0.29) is 0 Å². The maximum Gasteiger partial charge on any atom is 0.0894 e. The highest BCUT2D eigenvalue weighted by Gasteiger charge is 2.09. The number of rotatable bonds is 4. The number of nitrogens with zero attached hydrogens (tertiary/aromatic N) is 2. The Morgan fingerprint density at radius 2 is 2.00 bits per heavy atom. The molecule has 0 spiro atoms. The van der Waals surface area contributed by atoms with Crippen LogP contribution in [0, 0.1) is 6.92 Å². The van der Waals surface area contributed by atoms with Gasteiger partial charge in [-0.2, -0.15) is 5.10 Å². The number of halogens is 1. The molecule has 1 N–H and O–H groups in total. The van der Waals surface area contributed by atoms with Gasteiger partial charge in [0.05, 0.1) is 28.5 Å². The predicted molar refractivity (Wildman–Crippen MR) is 88.9 cm³/mol. The third-order valence-electron chi connectivity index (χ3n) is 3.60. The summed E-state index contributed by atoms with van der Waals surface area (Å²) in [7, 11) is 0. The maximum atomic E-state index is 6.26. The van der Waals surface area contributed by atoms with Gasteiger partial charge in [0, 0.05) is 11.9 Å². The van der Waals surface area contributed by atoms with Crippen LogP contribution in [0.15, 0.2) is 42.5 Å². The Bertz CT molecular complexity index is 777. The summed E-state index contributed by atoms with van der Waals surface area (Å²) in [6.45, 7) is 5.67. The zero-order valence-corrected chi connectivity index (χ0v) is 13.0. The van der Waals surface area contributed by atoms with Crippen molar-refractivity contribution in [3.05, 3.63) is 58.7 Å². The lowest BCUT2D eigenvalue weighted by Crippen LogP contribution is -2.03. The molecule has 0 aliphatic carbocycles. The first-order valence-electron chi connectivity index (χ1n) is 7.13. The minimum atomic E-state index is 0.663. The SMILES string of the molecule is CCn1nc(CNc2ccc(C)cc2Cl)c2ccccc21. The monoisotopic (exact) mass is 299 g/mol. The van der Waals surface area contributed by atoms with Crippen molar-refractivity contribution in [2.45, 2.75) is 26.9 Å². The molecular weight excluding hydrogens is 282 g/mol. The molecule has 108 valence electrons. The van der Waals surface area contributed by atoms with E-state index in [1.165, 1.54) is 10.9 Å². The molecule has 21 heavy (non-hydrogen) atoms. The van der Waals surface area contributed by atoms with Crippen LogP contribution in [0.3, 0.4) is 0 Å². The van der Waals surface area contributed by atoms with Crippen molar-refractivity contribution in [1.29, 1.82) is 0 Å². The standard InChI is InChI=1S/C17H18ClN3/c1-3-21-17-7-5-4-6-13(17)16(20-21)11-19-15-9-8-12(2)10-14(15)18/h4-10,19H,3,11H2,1-2H3. The molecule has 0 bridgehead atoms. The number of aromatic nitrogens is 2. The molecule has 0 amide bonds. The number of benzene rings is 2. The maximum absolute atomic E-state index is 6.26. The van der Waals surface area contributed by atoms with E-state index in [4.69, 9.17) is 11.6 Å². The number of fused-ring (bicyclic) bond motifs is 1. The zero-order valence-electron chi connectivity index (χ0n) is 12.2. The first kappa shape index (κ1) is 14.0. The van der Waals surface area contributed by atoms with Crippen molar-refractivity contribution in [3.63, 3.8) is 0 Å². The summed E-state index contributed by atoms with van der Waals surface area (Å²) in [5, 5.41) is 9.99. The third-order valence-corrected chi connectivity index (χ3v) is 3.92. The Morgan fingerprint density at radius 3 is 2.76 bits per heavy atom. The first-order valence-corrected chi connectivity index (χ1v) is 7.51. The average molecular weight is 300 g/mol. The Morgan fingerprint density at radius 1 is 1.19 bits per heavy atom. The molecule has 3 aromatic rings. The number of anilines is 1. The quantitative estimate of drug-likeness (QED) is 0.761. The molecule has 2 aromatic carbocycles. The molecule has 1 aromatic heterocycles. The Labute approximate surface area is 129 Å². The van der Waals surface area contributed by atoms with Gasteiger partial charge in [0.25, 0.3) is 0 Å². The number of para-hydroxylation sites is 1. The Balaban J connectivity index is 1.88. The molecule has 0 aliphatic heterocycles. The predicted octanol–water partition coefficient (Wildman–Crippen LogP) is 4.63. The second kappa shape index (κ2) is 5.78. The summed E-state index contributed by atoms with van der Waals surface area (Å²) in [5.41, 5.74) is 4.32. The van der Waals surface area contributed by atoms with E-state index in [9.17, 15) is 0 Å². The van der Waals surface area contributed by atoms with Crippen LogP contribution in [0.2, 0.25) is 5.02 Å². The molecule has 3 nitrogen and oxygen atoms in total. The van der Waals surface area contributed by atoms with Gasteiger partial charge >= 0.3 is 0 Å². The Hall–Kier alpha value is -2.00. The molecule has 0 atom stereocenters. The molecule has 1 heterocycles. The minimum Gasteiger partial charge on any atom is -0.378 e. The molecule has 0 saturated heterocycles. The fourth-order valence-corrected chi connectivity index (χ4v) is 2.81. The summed E-state index contributed by atoms with van der Waals surface area (Å²) in [4.78, 5) is 0. The fourth-order valence-electron chi connectivity index (χ4n) is 2.51. The van der Waals surface area contributed by atoms with Gasteiger partial charge in [0.15, 0.2) is 0 Å². The number of hydrogen-bond acceptors (Lipinski definition) is 2. The van der Waals surface area contributed by atoms with Crippen LogP contribution < -0.4 is 5.32 Å². The minimum absolute atomic E-state index is 0.663. The van der Waals surface area contributed by atoms with Crippen molar-refractivity contribution in [2.24, 2.45) is 0 Å². The summed E-state index contributed by atoms with van der Waals surface area (Å²) in [6.07, 6.45) is 0. The lowest BCUT2D eigenvalue weighted by molar-refractivity contribution is 0.671. The van der Waals surface area contributed by atoms with Crippen LogP contribution in [0.25, 0.3) is 10.9 Å². The summed E-state index contributed by atoms with van der Waals surface area (Å²) >= 11 is 6.26. The number of nitrogens with one attached hydrogen (secondary N) is 1.